The molecule has 1 saturated heterocycles. The van der Waals surface area contributed by atoms with Crippen molar-refractivity contribution >= 4 is 46.2 Å². The van der Waals surface area contributed by atoms with E-state index >= 15 is 0 Å². The van der Waals surface area contributed by atoms with Gasteiger partial charge in [-0.1, -0.05) is 12.1 Å². The van der Waals surface area contributed by atoms with E-state index in [1.54, 1.807) is 36.4 Å². The van der Waals surface area contributed by atoms with Crippen LogP contribution in [0.1, 0.15) is 11.1 Å². The average molecular weight is 415 g/mol. The first-order chi connectivity index (χ1) is 11.1. The summed E-state index contributed by atoms with van der Waals surface area (Å²) < 4.78 is 1.04. The predicted molar refractivity (Wildman–Crippen MR) is 93.9 cm³/mol. The van der Waals surface area contributed by atoms with Gasteiger partial charge >= 0.3 is 0 Å². The molecule has 0 bridgehead atoms. The van der Waals surface area contributed by atoms with Gasteiger partial charge in [-0.15, -0.1) is 0 Å². The van der Waals surface area contributed by atoms with Gasteiger partial charge in [0.15, 0.2) is 0 Å². The van der Waals surface area contributed by atoms with Gasteiger partial charge in [0.1, 0.15) is 5.57 Å². The number of nitriles is 1. The largest absolute Gasteiger partial charge is 0.282 e. The van der Waals surface area contributed by atoms with E-state index in [9.17, 15) is 9.59 Å². The summed E-state index contributed by atoms with van der Waals surface area (Å²) in [5, 5.41) is 10.0. The van der Waals surface area contributed by atoms with Crippen LogP contribution in [0.3, 0.4) is 0 Å². The number of rotatable bonds is 2. The Balaban J connectivity index is 1.90. The molecule has 2 aromatic rings. The minimum Gasteiger partial charge on any atom is -0.267 e. The Labute approximate surface area is 146 Å². The topological polar surface area (TPSA) is 73.2 Å². The third-order valence-corrected chi connectivity index (χ3v) is 4.05. The Morgan fingerprint density at radius 2 is 1.70 bits per heavy atom. The number of anilines is 1. The maximum absolute atomic E-state index is 12.4. The summed E-state index contributed by atoms with van der Waals surface area (Å²) in [4.78, 5) is 24.5. The van der Waals surface area contributed by atoms with Gasteiger partial charge < -0.3 is 0 Å². The Bertz CT molecular complexity index is 849. The number of hydrogen-bond donors (Lipinski definition) is 1. The summed E-state index contributed by atoms with van der Waals surface area (Å²) in [7, 11) is 0. The average Bonchev–Trinajstić information content (AvgIpc) is 2.84. The summed E-state index contributed by atoms with van der Waals surface area (Å²) in [6.07, 6.45) is 1.52. The molecule has 23 heavy (non-hydrogen) atoms. The van der Waals surface area contributed by atoms with E-state index < -0.39 is 11.8 Å². The quantitative estimate of drug-likeness (QED) is 0.466. The number of amides is 2. The summed E-state index contributed by atoms with van der Waals surface area (Å²) in [6.45, 7) is 0. The van der Waals surface area contributed by atoms with Crippen LogP contribution in [0.5, 0.6) is 0 Å². The SMILES string of the molecule is N#Cc1ccc(/C=C2\C(=O)NN(c3ccc(I)cc3)C2=O)cc1. The number of hydrogen-bond acceptors (Lipinski definition) is 3. The van der Waals surface area contributed by atoms with Gasteiger partial charge in [0, 0.05) is 3.57 Å². The van der Waals surface area contributed by atoms with Crippen molar-refractivity contribution in [3.05, 3.63) is 68.8 Å². The molecule has 2 aromatic carbocycles. The van der Waals surface area contributed by atoms with E-state index in [4.69, 9.17) is 5.26 Å². The highest BCUT2D eigenvalue weighted by atomic mass is 127. The molecule has 2 amide bonds. The lowest BCUT2D eigenvalue weighted by molar-refractivity contribution is -0.117. The standard InChI is InChI=1S/C17H10IN3O2/c18-13-5-7-14(8-6-13)21-17(23)15(16(22)20-21)9-11-1-3-12(10-19)4-2-11/h1-9H,(H,20,22)/b15-9+. The second-order valence-electron chi connectivity index (χ2n) is 4.85. The summed E-state index contributed by atoms with van der Waals surface area (Å²) in [6, 6.07) is 15.9. The number of halogens is 1. The molecule has 0 radical (unpaired) electrons. The van der Waals surface area contributed by atoms with Gasteiger partial charge in [-0.3, -0.25) is 15.0 Å². The molecule has 0 aromatic heterocycles. The lowest BCUT2D eigenvalue weighted by Crippen LogP contribution is -2.35. The number of hydrazine groups is 1. The number of nitrogens with zero attached hydrogens (tertiary/aromatic N) is 2. The first kappa shape index (κ1) is 15.2. The van der Waals surface area contributed by atoms with E-state index in [1.807, 2.05) is 18.2 Å². The zero-order valence-electron chi connectivity index (χ0n) is 11.8. The zero-order valence-corrected chi connectivity index (χ0v) is 13.9. The fourth-order valence-electron chi connectivity index (χ4n) is 2.15. The number of benzene rings is 2. The molecule has 1 N–H and O–H groups in total. The van der Waals surface area contributed by atoms with Crippen molar-refractivity contribution in [2.24, 2.45) is 0 Å². The molecule has 6 heteroatoms. The zero-order chi connectivity index (χ0) is 16.4. The summed E-state index contributed by atoms with van der Waals surface area (Å²) >= 11 is 2.17. The fourth-order valence-corrected chi connectivity index (χ4v) is 2.51. The molecular formula is C17H10IN3O2. The van der Waals surface area contributed by atoms with E-state index in [1.165, 1.54) is 11.1 Å². The molecule has 0 saturated carbocycles. The van der Waals surface area contributed by atoms with Crippen LogP contribution < -0.4 is 10.4 Å². The summed E-state index contributed by atoms with van der Waals surface area (Å²) in [5.74, 6) is -0.849. The minimum absolute atomic E-state index is 0.0632. The van der Waals surface area contributed by atoms with Crippen LogP contribution in [0, 0.1) is 14.9 Å². The highest BCUT2D eigenvalue weighted by Gasteiger charge is 2.34. The van der Waals surface area contributed by atoms with E-state index in [-0.39, 0.29) is 5.57 Å². The Morgan fingerprint density at radius 3 is 2.30 bits per heavy atom. The summed E-state index contributed by atoms with van der Waals surface area (Å²) in [5.41, 5.74) is 4.43. The first-order valence-corrected chi connectivity index (χ1v) is 7.79. The molecular weight excluding hydrogens is 405 g/mol. The molecule has 1 fully saturated rings. The fraction of sp³-hybridized carbons (Fsp3) is 0. The highest BCUT2D eigenvalue weighted by Crippen LogP contribution is 2.22. The molecule has 0 atom stereocenters. The van der Waals surface area contributed by atoms with Crippen molar-refractivity contribution < 1.29 is 9.59 Å². The van der Waals surface area contributed by atoms with Crippen molar-refractivity contribution in [3.8, 4) is 6.07 Å². The lowest BCUT2D eigenvalue weighted by Gasteiger charge is -2.14. The van der Waals surface area contributed by atoms with Crippen LogP contribution >= 0.6 is 22.6 Å². The molecule has 0 spiro atoms. The van der Waals surface area contributed by atoms with E-state index in [2.05, 4.69) is 28.0 Å². The second-order valence-corrected chi connectivity index (χ2v) is 6.10. The minimum atomic E-state index is -0.446. The molecule has 5 nitrogen and oxygen atoms in total. The van der Waals surface area contributed by atoms with Crippen molar-refractivity contribution in [3.63, 3.8) is 0 Å². The molecule has 0 aliphatic carbocycles. The third-order valence-electron chi connectivity index (χ3n) is 3.33. The maximum Gasteiger partial charge on any atom is 0.282 e. The van der Waals surface area contributed by atoms with Crippen LogP contribution in [0.15, 0.2) is 54.1 Å². The van der Waals surface area contributed by atoms with Gasteiger partial charge in [0.05, 0.1) is 17.3 Å². The normalized spacial score (nSPS) is 15.7. The molecule has 1 heterocycles. The Hall–Kier alpha value is -2.66. The smallest absolute Gasteiger partial charge is 0.267 e. The van der Waals surface area contributed by atoms with Crippen molar-refractivity contribution in [2.45, 2.75) is 0 Å². The molecule has 3 rings (SSSR count). The van der Waals surface area contributed by atoms with Gasteiger partial charge in [-0.25, -0.2) is 5.01 Å². The maximum atomic E-state index is 12.4. The number of carbonyl (C=O) groups is 2. The van der Waals surface area contributed by atoms with Crippen molar-refractivity contribution in [1.82, 2.24) is 5.43 Å². The molecule has 1 aliphatic heterocycles. The van der Waals surface area contributed by atoms with Crippen molar-refractivity contribution in [2.75, 3.05) is 5.01 Å². The third kappa shape index (κ3) is 3.10. The molecule has 1 aliphatic rings. The monoisotopic (exact) mass is 415 g/mol. The highest BCUT2D eigenvalue weighted by molar-refractivity contribution is 14.1. The molecule has 0 unspecified atom stereocenters. The van der Waals surface area contributed by atoms with Crippen LogP contribution in [-0.4, -0.2) is 11.8 Å². The Morgan fingerprint density at radius 1 is 1.04 bits per heavy atom. The van der Waals surface area contributed by atoms with Crippen molar-refractivity contribution in [1.29, 1.82) is 5.26 Å². The number of nitrogens with one attached hydrogen (secondary N) is 1. The van der Waals surface area contributed by atoms with E-state index in [0.717, 1.165) is 3.57 Å². The Kier molecular flexibility index (Phi) is 4.12. The van der Waals surface area contributed by atoms with Crippen LogP contribution in [0.25, 0.3) is 6.08 Å². The van der Waals surface area contributed by atoms with Crippen LogP contribution in [-0.2, 0) is 9.59 Å². The van der Waals surface area contributed by atoms with Crippen LogP contribution in [0.4, 0.5) is 5.69 Å². The second kappa shape index (κ2) is 6.22. The predicted octanol–water partition coefficient (Wildman–Crippen LogP) is 2.62. The van der Waals surface area contributed by atoms with Gasteiger partial charge in [0.2, 0.25) is 0 Å². The van der Waals surface area contributed by atoms with Gasteiger partial charge in [0.25, 0.3) is 11.8 Å². The number of carbonyl (C=O) groups excluding carboxylic acids is 2. The van der Waals surface area contributed by atoms with E-state index in [0.29, 0.717) is 16.8 Å². The lowest BCUT2D eigenvalue weighted by atomic mass is 10.1. The van der Waals surface area contributed by atoms with Gasteiger partial charge in [-0.2, -0.15) is 5.26 Å². The van der Waals surface area contributed by atoms with Crippen LogP contribution in [0.2, 0.25) is 0 Å². The first-order valence-electron chi connectivity index (χ1n) is 6.71. The molecule has 112 valence electrons. The van der Waals surface area contributed by atoms with Gasteiger partial charge in [-0.05, 0) is 70.6 Å².